The van der Waals surface area contributed by atoms with E-state index in [-0.39, 0.29) is 23.4 Å². The number of ether oxygens (including phenoxy) is 1. The second-order valence-electron chi connectivity index (χ2n) is 10.4. The van der Waals surface area contributed by atoms with Crippen molar-refractivity contribution in [3.8, 4) is 0 Å². The number of aliphatic hydroxyl groups excluding tert-OH is 1. The Morgan fingerprint density at radius 2 is 1.55 bits per heavy atom. The van der Waals surface area contributed by atoms with Crippen molar-refractivity contribution in [3.63, 3.8) is 0 Å². The maximum atomic E-state index is 12.1. The molecular weight excluding hydrogens is 408 g/mol. The fourth-order valence-electron chi connectivity index (χ4n) is 4.90. The van der Waals surface area contributed by atoms with Crippen molar-refractivity contribution in [2.45, 2.75) is 58.3 Å². The van der Waals surface area contributed by atoms with Crippen molar-refractivity contribution in [3.05, 3.63) is 82.4 Å². The predicted molar refractivity (Wildman–Crippen MR) is 137 cm³/mol. The average Bonchev–Trinajstić information content (AvgIpc) is 2.80. The molecule has 0 fully saturated rings. The molecule has 3 heteroatoms. The quantitative estimate of drug-likeness (QED) is 0.345. The van der Waals surface area contributed by atoms with Gasteiger partial charge in [-0.3, -0.25) is 0 Å². The molecule has 1 aliphatic carbocycles. The summed E-state index contributed by atoms with van der Waals surface area (Å²) in [5.74, 6) is -0.349. The van der Waals surface area contributed by atoms with Crippen LogP contribution in [0.15, 0.2) is 54.6 Å². The molecule has 1 aliphatic rings. The lowest BCUT2D eigenvalue weighted by Crippen LogP contribution is -2.33. The van der Waals surface area contributed by atoms with Gasteiger partial charge in [0.2, 0.25) is 0 Å². The topological polar surface area (TPSA) is 46.5 Å². The van der Waals surface area contributed by atoms with Gasteiger partial charge in [-0.2, -0.15) is 0 Å². The molecule has 4 rings (SSSR count). The van der Waals surface area contributed by atoms with E-state index in [9.17, 15) is 9.90 Å². The largest absolute Gasteiger partial charge is 0.462 e. The van der Waals surface area contributed by atoms with Crippen LogP contribution >= 0.6 is 0 Å². The van der Waals surface area contributed by atoms with Gasteiger partial charge >= 0.3 is 5.97 Å². The van der Waals surface area contributed by atoms with Gasteiger partial charge in [0.1, 0.15) is 0 Å². The summed E-state index contributed by atoms with van der Waals surface area (Å²) in [6.07, 6.45) is 4.38. The highest BCUT2D eigenvalue weighted by Gasteiger charge is 2.37. The molecule has 3 nitrogen and oxygen atoms in total. The van der Waals surface area contributed by atoms with E-state index >= 15 is 0 Å². The van der Waals surface area contributed by atoms with E-state index in [0.29, 0.717) is 12.2 Å². The molecule has 0 amide bonds. The SMILES string of the molecule is CCOC(=O)c1cccc(/C(=C/c2ccc3cc4c(cc3c2)C(C)(C)CCC4(C)C)CO)c1. The van der Waals surface area contributed by atoms with Crippen molar-refractivity contribution in [1.82, 2.24) is 0 Å². The highest BCUT2D eigenvalue weighted by molar-refractivity contribution is 5.93. The minimum Gasteiger partial charge on any atom is -0.462 e. The van der Waals surface area contributed by atoms with Crippen LogP contribution in [0.4, 0.5) is 0 Å². The Bertz CT molecular complexity index is 1230. The minimum atomic E-state index is -0.349. The Morgan fingerprint density at radius 3 is 2.18 bits per heavy atom. The fourth-order valence-corrected chi connectivity index (χ4v) is 4.90. The summed E-state index contributed by atoms with van der Waals surface area (Å²) in [7, 11) is 0. The number of fused-ring (bicyclic) bond motifs is 2. The van der Waals surface area contributed by atoms with Crippen LogP contribution < -0.4 is 0 Å². The van der Waals surface area contributed by atoms with Gasteiger partial charge in [0.25, 0.3) is 0 Å². The normalized spacial score (nSPS) is 17.0. The van der Waals surface area contributed by atoms with Crippen LogP contribution in [0.1, 0.15) is 80.1 Å². The van der Waals surface area contributed by atoms with Crippen LogP contribution in [0.2, 0.25) is 0 Å². The van der Waals surface area contributed by atoms with Gasteiger partial charge in [0, 0.05) is 0 Å². The molecule has 0 unspecified atom stereocenters. The molecule has 0 radical (unpaired) electrons. The van der Waals surface area contributed by atoms with Gasteiger partial charge in [-0.1, -0.05) is 64.1 Å². The first-order valence-corrected chi connectivity index (χ1v) is 11.8. The van der Waals surface area contributed by atoms with E-state index in [1.165, 1.54) is 34.7 Å². The molecule has 0 saturated carbocycles. The summed E-state index contributed by atoms with van der Waals surface area (Å²) < 4.78 is 5.12. The number of hydrogen-bond acceptors (Lipinski definition) is 3. The van der Waals surface area contributed by atoms with Crippen LogP contribution in [-0.2, 0) is 15.6 Å². The number of carbonyl (C=O) groups excluding carboxylic acids is 1. The summed E-state index contributed by atoms with van der Waals surface area (Å²) >= 11 is 0. The van der Waals surface area contributed by atoms with Crippen molar-refractivity contribution >= 4 is 28.4 Å². The highest BCUT2D eigenvalue weighted by atomic mass is 16.5. The molecule has 0 spiro atoms. The van der Waals surface area contributed by atoms with Gasteiger partial charge in [-0.05, 0) is 93.5 Å². The maximum absolute atomic E-state index is 12.1. The molecule has 0 bridgehead atoms. The number of carbonyl (C=O) groups is 1. The summed E-state index contributed by atoms with van der Waals surface area (Å²) in [5.41, 5.74) is 6.35. The molecule has 3 aromatic rings. The third-order valence-electron chi connectivity index (χ3n) is 7.09. The zero-order valence-corrected chi connectivity index (χ0v) is 20.4. The smallest absolute Gasteiger partial charge is 0.338 e. The molecule has 0 heterocycles. The highest BCUT2D eigenvalue weighted by Crippen LogP contribution is 2.47. The van der Waals surface area contributed by atoms with E-state index < -0.39 is 0 Å². The van der Waals surface area contributed by atoms with E-state index in [2.05, 4.69) is 58.0 Å². The first-order valence-electron chi connectivity index (χ1n) is 11.8. The lowest BCUT2D eigenvalue weighted by Gasteiger charge is -2.42. The Morgan fingerprint density at radius 1 is 0.909 bits per heavy atom. The van der Waals surface area contributed by atoms with Gasteiger partial charge < -0.3 is 9.84 Å². The third kappa shape index (κ3) is 4.60. The molecule has 0 saturated heterocycles. The standard InChI is InChI=1S/C30H34O3/c1-6-33-28(32)23-9-7-8-21(16-23)25(19-31)15-20-10-11-22-17-26-27(18-24(22)14-20)30(4,5)13-12-29(26,2)3/h7-11,14-18,31H,6,12-13,19H2,1-5H3/b25-15+. The number of esters is 1. The summed E-state index contributed by atoms with van der Waals surface area (Å²) in [6, 6.07) is 18.4. The van der Waals surface area contributed by atoms with Crippen LogP contribution in [0.5, 0.6) is 0 Å². The Hall–Kier alpha value is -2.91. The lowest BCUT2D eigenvalue weighted by molar-refractivity contribution is 0.0526. The van der Waals surface area contributed by atoms with Crippen molar-refractivity contribution < 1.29 is 14.6 Å². The monoisotopic (exact) mass is 442 g/mol. The van der Waals surface area contributed by atoms with Gasteiger partial charge in [-0.25, -0.2) is 4.79 Å². The molecule has 1 N–H and O–H groups in total. The molecule has 3 aromatic carbocycles. The van der Waals surface area contributed by atoms with Crippen molar-refractivity contribution in [1.29, 1.82) is 0 Å². The Labute approximate surface area is 197 Å². The van der Waals surface area contributed by atoms with Crippen molar-refractivity contribution in [2.24, 2.45) is 0 Å². The van der Waals surface area contributed by atoms with E-state index in [1.807, 2.05) is 18.2 Å². The van der Waals surface area contributed by atoms with Crippen LogP contribution in [0.3, 0.4) is 0 Å². The summed E-state index contributed by atoms with van der Waals surface area (Å²) in [5, 5.41) is 12.5. The maximum Gasteiger partial charge on any atom is 0.338 e. The van der Waals surface area contributed by atoms with E-state index in [1.54, 1.807) is 19.1 Å². The number of rotatable bonds is 5. The number of aliphatic hydroxyl groups is 1. The molecule has 0 aromatic heterocycles. The van der Waals surface area contributed by atoms with Crippen LogP contribution in [-0.4, -0.2) is 24.3 Å². The second-order valence-corrected chi connectivity index (χ2v) is 10.4. The Kier molecular flexibility index (Phi) is 6.20. The van der Waals surface area contributed by atoms with E-state index in [0.717, 1.165) is 16.7 Å². The zero-order valence-electron chi connectivity index (χ0n) is 20.4. The molecule has 0 aliphatic heterocycles. The molecule has 0 atom stereocenters. The predicted octanol–water partition coefficient (Wildman–Crippen LogP) is 6.90. The number of hydrogen-bond donors (Lipinski definition) is 1. The van der Waals surface area contributed by atoms with Crippen LogP contribution in [0, 0.1) is 0 Å². The first kappa shape index (κ1) is 23.3. The van der Waals surface area contributed by atoms with Gasteiger partial charge in [-0.15, -0.1) is 0 Å². The zero-order chi connectivity index (χ0) is 23.8. The van der Waals surface area contributed by atoms with Crippen LogP contribution in [0.25, 0.3) is 22.4 Å². The summed E-state index contributed by atoms with van der Waals surface area (Å²) in [6.45, 7) is 11.4. The van der Waals surface area contributed by atoms with E-state index in [4.69, 9.17) is 4.74 Å². The molecule has 33 heavy (non-hydrogen) atoms. The van der Waals surface area contributed by atoms with Crippen molar-refractivity contribution in [2.75, 3.05) is 13.2 Å². The number of benzene rings is 3. The molecular formula is C30H34O3. The second kappa shape index (κ2) is 8.79. The first-order chi connectivity index (χ1) is 15.6. The summed E-state index contributed by atoms with van der Waals surface area (Å²) in [4.78, 5) is 12.1. The van der Waals surface area contributed by atoms with Gasteiger partial charge in [0.05, 0.1) is 18.8 Å². The molecule has 172 valence electrons. The Balaban J connectivity index is 1.76. The lowest BCUT2D eigenvalue weighted by atomic mass is 9.63. The minimum absolute atomic E-state index is 0.115. The average molecular weight is 443 g/mol. The third-order valence-corrected chi connectivity index (χ3v) is 7.09. The fraction of sp³-hybridized carbons (Fsp3) is 0.367. The van der Waals surface area contributed by atoms with Gasteiger partial charge in [0.15, 0.2) is 0 Å².